The highest BCUT2D eigenvalue weighted by molar-refractivity contribution is 7.89. The molecule has 1 amide bonds. The van der Waals surface area contributed by atoms with Gasteiger partial charge >= 0.3 is 5.97 Å². The van der Waals surface area contributed by atoms with E-state index in [1.807, 2.05) is 24.3 Å². The van der Waals surface area contributed by atoms with Crippen LogP contribution >= 0.6 is 11.3 Å². The third kappa shape index (κ3) is 4.51. The van der Waals surface area contributed by atoms with Crippen LogP contribution in [-0.4, -0.2) is 26.4 Å². The molecule has 0 aliphatic rings. The summed E-state index contributed by atoms with van der Waals surface area (Å²) in [6, 6.07) is 14.6. The van der Waals surface area contributed by atoms with E-state index in [2.05, 4.69) is 5.32 Å². The Balaban J connectivity index is 1.64. The number of nitrogens with two attached hydrogens (primary N) is 1. The van der Waals surface area contributed by atoms with Crippen molar-refractivity contribution in [3.8, 4) is 0 Å². The number of amides is 1. The van der Waals surface area contributed by atoms with Gasteiger partial charge in [0.2, 0.25) is 10.0 Å². The predicted molar refractivity (Wildman–Crippen MR) is 103 cm³/mol. The van der Waals surface area contributed by atoms with E-state index < -0.39 is 28.0 Å². The number of hydrogen-bond acceptors (Lipinski definition) is 6. The molecule has 0 bridgehead atoms. The number of esters is 1. The summed E-state index contributed by atoms with van der Waals surface area (Å²) in [5.74, 6) is -1.11. The van der Waals surface area contributed by atoms with Crippen molar-refractivity contribution in [1.82, 2.24) is 0 Å². The number of carbonyl (C=O) groups is 2. The lowest BCUT2D eigenvalue weighted by molar-refractivity contribution is -0.123. The van der Waals surface area contributed by atoms with Crippen molar-refractivity contribution in [2.75, 3.05) is 5.32 Å². The van der Waals surface area contributed by atoms with E-state index in [4.69, 9.17) is 9.88 Å². The molecule has 0 spiro atoms. The minimum atomic E-state index is -3.80. The number of carbonyl (C=O) groups excluding carboxylic acids is 2. The number of fused-ring (bicyclic) bond motifs is 1. The van der Waals surface area contributed by atoms with Crippen molar-refractivity contribution < 1.29 is 22.7 Å². The van der Waals surface area contributed by atoms with Crippen molar-refractivity contribution in [2.24, 2.45) is 5.14 Å². The maximum atomic E-state index is 12.3. The van der Waals surface area contributed by atoms with Crippen molar-refractivity contribution in [1.29, 1.82) is 0 Å². The summed E-state index contributed by atoms with van der Waals surface area (Å²) in [5.41, 5.74) is 0.358. The topological polar surface area (TPSA) is 116 Å². The Labute approximate surface area is 159 Å². The molecule has 7 nitrogen and oxygen atoms in total. The summed E-state index contributed by atoms with van der Waals surface area (Å²) in [6.45, 7) is 1.46. The molecule has 0 fully saturated rings. The number of hydrogen-bond donors (Lipinski definition) is 2. The highest BCUT2D eigenvalue weighted by Gasteiger charge is 2.20. The molecule has 3 aromatic rings. The van der Waals surface area contributed by atoms with E-state index in [-0.39, 0.29) is 4.90 Å². The van der Waals surface area contributed by atoms with Crippen LogP contribution in [0.1, 0.15) is 16.6 Å². The smallest absolute Gasteiger partial charge is 0.349 e. The van der Waals surface area contributed by atoms with Crippen LogP contribution in [0.25, 0.3) is 10.1 Å². The Bertz CT molecular complexity index is 1070. The molecule has 3 N–H and O–H groups in total. The first-order valence-electron chi connectivity index (χ1n) is 7.87. The fourth-order valence-corrected chi connectivity index (χ4v) is 3.79. The number of anilines is 1. The molecule has 0 radical (unpaired) electrons. The lowest BCUT2D eigenvalue weighted by atomic mass is 10.2. The number of rotatable bonds is 5. The molecule has 1 atom stereocenters. The van der Waals surface area contributed by atoms with E-state index in [0.29, 0.717) is 10.6 Å². The molecular formula is C18H16N2O5S2. The van der Waals surface area contributed by atoms with Crippen molar-refractivity contribution >= 4 is 49.0 Å². The fourth-order valence-electron chi connectivity index (χ4n) is 2.33. The quantitative estimate of drug-likeness (QED) is 0.635. The molecule has 1 unspecified atom stereocenters. The van der Waals surface area contributed by atoms with Gasteiger partial charge in [0.25, 0.3) is 5.91 Å². The monoisotopic (exact) mass is 404 g/mol. The average molecular weight is 404 g/mol. The standard InChI is InChI=1S/C18H16N2O5S2/c1-11(17(21)20-13-6-8-14(9-7-13)27(19,23)24)25-18(22)16-10-12-4-2-3-5-15(12)26-16/h2-11H,1H3,(H,20,21)(H2,19,23,24). The Morgan fingerprint density at radius 1 is 1.11 bits per heavy atom. The van der Waals surface area contributed by atoms with Gasteiger partial charge in [-0.15, -0.1) is 11.3 Å². The lowest BCUT2D eigenvalue weighted by Crippen LogP contribution is -2.29. The fraction of sp³-hybridized carbons (Fsp3) is 0.111. The van der Waals surface area contributed by atoms with Crippen LogP contribution in [0.5, 0.6) is 0 Å². The van der Waals surface area contributed by atoms with E-state index in [0.717, 1.165) is 10.1 Å². The van der Waals surface area contributed by atoms with Gasteiger partial charge in [-0.25, -0.2) is 18.4 Å². The van der Waals surface area contributed by atoms with Crippen LogP contribution in [0.4, 0.5) is 5.69 Å². The molecule has 0 aliphatic carbocycles. The maximum Gasteiger partial charge on any atom is 0.349 e. The molecule has 0 saturated carbocycles. The molecule has 2 aromatic carbocycles. The van der Waals surface area contributed by atoms with E-state index >= 15 is 0 Å². The zero-order chi connectivity index (χ0) is 19.6. The molecule has 27 heavy (non-hydrogen) atoms. The SMILES string of the molecule is CC(OC(=O)c1cc2ccccc2s1)C(=O)Nc1ccc(S(N)(=O)=O)cc1. The van der Waals surface area contributed by atoms with Gasteiger partial charge in [-0.05, 0) is 48.7 Å². The van der Waals surface area contributed by atoms with Gasteiger partial charge in [0.1, 0.15) is 4.88 Å². The third-order valence-corrected chi connectivity index (χ3v) is 5.76. The molecule has 140 valence electrons. The van der Waals surface area contributed by atoms with Crippen LogP contribution in [0, 0.1) is 0 Å². The van der Waals surface area contributed by atoms with Crippen LogP contribution in [0.3, 0.4) is 0 Å². The van der Waals surface area contributed by atoms with Crippen molar-refractivity contribution in [3.05, 3.63) is 59.5 Å². The van der Waals surface area contributed by atoms with Gasteiger partial charge in [-0.1, -0.05) is 18.2 Å². The number of thiophene rings is 1. The molecule has 9 heteroatoms. The average Bonchev–Trinajstić information content (AvgIpc) is 3.05. The van der Waals surface area contributed by atoms with Crippen molar-refractivity contribution in [3.63, 3.8) is 0 Å². The largest absolute Gasteiger partial charge is 0.448 e. The number of sulfonamides is 1. The van der Waals surface area contributed by atoms with Gasteiger partial charge in [0.05, 0.1) is 4.90 Å². The van der Waals surface area contributed by atoms with Gasteiger partial charge < -0.3 is 10.1 Å². The van der Waals surface area contributed by atoms with Crippen LogP contribution < -0.4 is 10.5 Å². The summed E-state index contributed by atoms with van der Waals surface area (Å²) in [7, 11) is -3.80. The highest BCUT2D eigenvalue weighted by atomic mass is 32.2. The minimum Gasteiger partial charge on any atom is -0.448 e. The summed E-state index contributed by atoms with van der Waals surface area (Å²) >= 11 is 1.29. The number of ether oxygens (including phenoxy) is 1. The minimum absolute atomic E-state index is 0.0651. The molecule has 0 saturated heterocycles. The molecule has 1 heterocycles. The molecular weight excluding hydrogens is 388 g/mol. The lowest BCUT2D eigenvalue weighted by Gasteiger charge is -2.13. The second-order valence-electron chi connectivity index (χ2n) is 5.75. The van der Waals surface area contributed by atoms with Crippen LogP contribution in [0.15, 0.2) is 59.5 Å². The third-order valence-electron chi connectivity index (χ3n) is 3.73. The number of nitrogens with one attached hydrogen (secondary N) is 1. The van der Waals surface area contributed by atoms with E-state index in [9.17, 15) is 18.0 Å². The summed E-state index contributed by atoms with van der Waals surface area (Å²) in [6.07, 6.45) is -1.03. The highest BCUT2D eigenvalue weighted by Crippen LogP contribution is 2.26. The van der Waals surface area contributed by atoms with Crippen molar-refractivity contribution in [2.45, 2.75) is 17.9 Å². The maximum absolute atomic E-state index is 12.3. The first kappa shape index (κ1) is 19.0. The van der Waals surface area contributed by atoms with Gasteiger partial charge in [-0.2, -0.15) is 0 Å². The van der Waals surface area contributed by atoms with E-state index in [1.165, 1.54) is 42.5 Å². The summed E-state index contributed by atoms with van der Waals surface area (Å²) in [4.78, 5) is 24.8. The number of benzene rings is 2. The Kier molecular flexibility index (Phi) is 5.26. The normalized spacial score (nSPS) is 12.5. The molecule has 1 aromatic heterocycles. The number of primary sulfonamides is 1. The first-order chi connectivity index (χ1) is 12.7. The second kappa shape index (κ2) is 7.47. The molecule has 3 rings (SSSR count). The Hall–Kier alpha value is -2.75. The Morgan fingerprint density at radius 2 is 1.78 bits per heavy atom. The second-order valence-corrected chi connectivity index (χ2v) is 8.40. The van der Waals surface area contributed by atoms with Gasteiger partial charge in [-0.3, -0.25) is 4.79 Å². The first-order valence-corrected chi connectivity index (χ1v) is 10.2. The Morgan fingerprint density at radius 3 is 2.41 bits per heavy atom. The van der Waals surface area contributed by atoms with Crippen LogP contribution in [0.2, 0.25) is 0 Å². The zero-order valence-electron chi connectivity index (χ0n) is 14.2. The van der Waals surface area contributed by atoms with E-state index in [1.54, 1.807) is 6.07 Å². The van der Waals surface area contributed by atoms with Crippen LogP contribution in [-0.2, 0) is 19.6 Å². The molecule has 0 aliphatic heterocycles. The summed E-state index contributed by atoms with van der Waals surface area (Å²) in [5, 5.41) is 8.51. The zero-order valence-corrected chi connectivity index (χ0v) is 15.8. The predicted octanol–water partition coefficient (Wildman–Crippen LogP) is 2.73. The van der Waals surface area contributed by atoms with Gasteiger partial charge in [0.15, 0.2) is 6.10 Å². The summed E-state index contributed by atoms with van der Waals surface area (Å²) < 4.78 is 28.6. The van der Waals surface area contributed by atoms with Gasteiger partial charge in [0, 0.05) is 10.4 Å².